The molecule has 1 saturated heterocycles. The van der Waals surface area contributed by atoms with Crippen LogP contribution in [0.4, 0.5) is 13.2 Å². The molecule has 1 aliphatic heterocycles. The Labute approximate surface area is 69.7 Å². The number of hydrogen-bond donors (Lipinski definition) is 1. The summed E-state index contributed by atoms with van der Waals surface area (Å²) in [6.07, 6.45) is -2.36. The molecule has 1 rings (SSSR count). The predicted molar refractivity (Wildman–Crippen MR) is 39.7 cm³/mol. The molecule has 0 radical (unpaired) electrons. The fourth-order valence-electron chi connectivity index (χ4n) is 1.35. The summed E-state index contributed by atoms with van der Waals surface area (Å²) < 4.78 is 36.0. The van der Waals surface area contributed by atoms with E-state index in [4.69, 9.17) is 0 Å². The van der Waals surface area contributed by atoms with Crippen molar-refractivity contribution < 1.29 is 13.2 Å². The molecule has 1 N–H and O–H groups in total. The maximum atomic E-state index is 12.0. The Morgan fingerprint density at radius 3 is 2.58 bits per heavy atom. The molecular formula is C7H13F3N2. The standard InChI is InChI=1S/C7H13F3N2/c1-12(7(8,9)10)5-6-3-2-4-11-6/h6,11H,2-5H2,1H3/t6-/m1/s1. The van der Waals surface area contributed by atoms with E-state index in [1.54, 1.807) is 0 Å². The van der Waals surface area contributed by atoms with Crippen LogP contribution in [0, 0.1) is 0 Å². The van der Waals surface area contributed by atoms with Gasteiger partial charge >= 0.3 is 6.30 Å². The lowest BCUT2D eigenvalue weighted by Gasteiger charge is -2.23. The van der Waals surface area contributed by atoms with Crippen LogP contribution in [-0.4, -0.2) is 37.4 Å². The minimum absolute atomic E-state index is 0.0108. The zero-order valence-corrected chi connectivity index (χ0v) is 6.99. The molecule has 0 amide bonds. The Bertz CT molecular complexity index is 140. The quantitative estimate of drug-likeness (QED) is 0.645. The molecule has 0 aromatic rings. The average Bonchev–Trinajstić information content (AvgIpc) is 2.37. The van der Waals surface area contributed by atoms with Crippen LogP contribution in [0.2, 0.25) is 0 Å². The second kappa shape index (κ2) is 3.62. The Hall–Kier alpha value is -0.290. The molecule has 5 heteroatoms. The third-order valence-corrected chi connectivity index (χ3v) is 2.09. The van der Waals surface area contributed by atoms with Crippen LogP contribution in [0.25, 0.3) is 0 Å². The highest BCUT2D eigenvalue weighted by molar-refractivity contribution is 4.77. The van der Waals surface area contributed by atoms with Gasteiger partial charge in [-0.3, -0.25) is 0 Å². The number of halogens is 3. The molecule has 12 heavy (non-hydrogen) atoms. The highest BCUT2D eigenvalue weighted by atomic mass is 19.4. The van der Waals surface area contributed by atoms with Crippen LogP contribution in [0.1, 0.15) is 12.8 Å². The van der Waals surface area contributed by atoms with Gasteiger partial charge in [0.15, 0.2) is 0 Å². The molecule has 0 spiro atoms. The van der Waals surface area contributed by atoms with Crippen molar-refractivity contribution in [3.05, 3.63) is 0 Å². The van der Waals surface area contributed by atoms with Gasteiger partial charge in [0.2, 0.25) is 0 Å². The van der Waals surface area contributed by atoms with E-state index in [1.165, 1.54) is 0 Å². The molecular weight excluding hydrogens is 169 g/mol. The van der Waals surface area contributed by atoms with Crippen LogP contribution < -0.4 is 5.32 Å². The minimum Gasteiger partial charge on any atom is -0.313 e. The van der Waals surface area contributed by atoms with Crippen molar-refractivity contribution in [3.8, 4) is 0 Å². The van der Waals surface area contributed by atoms with Gasteiger partial charge < -0.3 is 5.32 Å². The van der Waals surface area contributed by atoms with Crippen LogP contribution in [-0.2, 0) is 0 Å². The van der Waals surface area contributed by atoms with E-state index in [2.05, 4.69) is 5.32 Å². The van der Waals surface area contributed by atoms with E-state index in [1.807, 2.05) is 0 Å². The molecule has 0 unspecified atom stereocenters. The lowest BCUT2D eigenvalue weighted by atomic mass is 10.2. The van der Waals surface area contributed by atoms with Crippen molar-refractivity contribution in [2.45, 2.75) is 25.2 Å². The van der Waals surface area contributed by atoms with Gasteiger partial charge in [-0.2, -0.15) is 13.2 Å². The summed E-state index contributed by atoms with van der Waals surface area (Å²) in [5.41, 5.74) is 0. The smallest absolute Gasteiger partial charge is 0.313 e. The van der Waals surface area contributed by atoms with Crippen molar-refractivity contribution >= 4 is 0 Å². The first-order valence-electron chi connectivity index (χ1n) is 4.01. The summed E-state index contributed by atoms with van der Waals surface area (Å²) in [5.74, 6) is 0. The van der Waals surface area contributed by atoms with Crippen molar-refractivity contribution in [2.24, 2.45) is 0 Å². The number of likely N-dealkylation sites (N-methyl/N-ethyl adjacent to an activating group) is 1. The molecule has 2 nitrogen and oxygen atoms in total. The van der Waals surface area contributed by atoms with Gasteiger partial charge in [-0.05, 0) is 26.4 Å². The van der Waals surface area contributed by atoms with Crippen molar-refractivity contribution in [1.29, 1.82) is 0 Å². The first kappa shape index (κ1) is 9.80. The molecule has 72 valence electrons. The third-order valence-electron chi connectivity index (χ3n) is 2.09. The van der Waals surface area contributed by atoms with Gasteiger partial charge in [0, 0.05) is 12.6 Å². The molecule has 0 saturated carbocycles. The van der Waals surface area contributed by atoms with E-state index in [9.17, 15) is 13.2 Å². The molecule has 1 fully saturated rings. The van der Waals surface area contributed by atoms with Crippen LogP contribution >= 0.6 is 0 Å². The van der Waals surface area contributed by atoms with Gasteiger partial charge in [0.25, 0.3) is 0 Å². The van der Waals surface area contributed by atoms with Crippen LogP contribution in [0.3, 0.4) is 0 Å². The second-order valence-electron chi connectivity index (χ2n) is 3.14. The topological polar surface area (TPSA) is 15.3 Å². The summed E-state index contributed by atoms with van der Waals surface area (Å²) in [4.78, 5) is 0.427. The number of nitrogens with zero attached hydrogens (tertiary/aromatic N) is 1. The van der Waals surface area contributed by atoms with Crippen molar-refractivity contribution in [1.82, 2.24) is 10.2 Å². The zero-order valence-electron chi connectivity index (χ0n) is 6.99. The Morgan fingerprint density at radius 2 is 2.17 bits per heavy atom. The second-order valence-corrected chi connectivity index (χ2v) is 3.14. The van der Waals surface area contributed by atoms with E-state index in [-0.39, 0.29) is 12.6 Å². The average molecular weight is 182 g/mol. The Balaban J connectivity index is 2.30. The van der Waals surface area contributed by atoms with Crippen LogP contribution in [0.5, 0.6) is 0 Å². The van der Waals surface area contributed by atoms with E-state index in [0.717, 1.165) is 26.4 Å². The number of alkyl halides is 3. The summed E-state index contributed by atoms with van der Waals surface area (Å²) in [6, 6.07) is 0.0108. The Morgan fingerprint density at radius 1 is 1.50 bits per heavy atom. The Kier molecular flexibility index (Phi) is 2.95. The molecule has 0 aromatic carbocycles. The molecule has 1 aliphatic rings. The first-order chi connectivity index (χ1) is 5.50. The summed E-state index contributed by atoms with van der Waals surface area (Å²) in [5, 5.41) is 3.02. The fourth-order valence-corrected chi connectivity index (χ4v) is 1.35. The van der Waals surface area contributed by atoms with Crippen LogP contribution in [0.15, 0.2) is 0 Å². The van der Waals surface area contributed by atoms with E-state index >= 15 is 0 Å². The van der Waals surface area contributed by atoms with Gasteiger partial charge in [-0.1, -0.05) is 0 Å². The molecule has 0 aliphatic carbocycles. The molecule has 1 atom stereocenters. The predicted octanol–water partition coefficient (Wildman–Crippen LogP) is 1.19. The summed E-state index contributed by atoms with van der Waals surface area (Å²) >= 11 is 0. The normalized spacial score (nSPS) is 25.2. The third kappa shape index (κ3) is 2.64. The van der Waals surface area contributed by atoms with Crippen molar-refractivity contribution in [3.63, 3.8) is 0 Å². The van der Waals surface area contributed by atoms with Gasteiger partial charge in [-0.15, -0.1) is 0 Å². The molecule has 1 heterocycles. The SMILES string of the molecule is CN(C[C@H]1CCCN1)C(F)(F)F. The van der Waals surface area contributed by atoms with Gasteiger partial charge in [0.1, 0.15) is 0 Å². The first-order valence-corrected chi connectivity index (χ1v) is 4.01. The largest absolute Gasteiger partial charge is 0.459 e. The lowest BCUT2D eigenvalue weighted by molar-refractivity contribution is -0.237. The number of hydrogen-bond acceptors (Lipinski definition) is 2. The van der Waals surface area contributed by atoms with Gasteiger partial charge in [0.05, 0.1) is 0 Å². The zero-order chi connectivity index (χ0) is 9.19. The number of nitrogens with one attached hydrogen (secondary N) is 1. The maximum absolute atomic E-state index is 12.0. The highest BCUT2D eigenvalue weighted by Crippen LogP contribution is 2.20. The van der Waals surface area contributed by atoms with E-state index < -0.39 is 6.30 Å². The molecule has 0 bridgehead atoms. The maximum Gasteiger partial charge on any atom is 0.459 e. The minimum atomic E-state index is -4.19. The summed E-state index contributed by atoms with van der Waals surface area (Å²) in [7, 11) is 1.08. The number of rotatable bonds is 2. The van der Waals surface area contributed by atoms with E-state index in [0.29, 0.717) is 4.90 Å². The monoisotopic (exact) mass is 182 g/mol. The van der Waals surface area contributed by atoms with Gasteiger partial charge in [-0.25, -0.2) is 4.90 Å². The fraction of sp³-hybridized carbons (Fsp3) is 1.00. The lowest BCUT2D eigenvalue weighted by Crippen LogP contribution is -2.42. The highest BCUT2D eigenvalue weighted by Gasteiger charge is 2.35. The molecule has 0 aromatic heterocycles. The summed E-state index contributed by atoms with van der Waals surface area (Å²) in [6.45, 7) is 0.903. The van der Waals surface area contributed by atoms with Crippen molar-refractivity contribution in [2.75, 3.05) is 20.1 Å².